The number of rotatable bonds is 9. The Kier molecular flexibility index (Phi) is 9.45. The van der Waals surface area contributed by atoms with Crippen LogP contribution in [-0.4, -0.2) is 28.6 Å². The third-order valence-electron chi connectivity index (χ3n) is 6.03. The van der Waals surface area contributed by atoms with Crippen molar-refractivity contribution in [3.05, 3.63) is 107 Å². The summed E-state index contributed by atoms with van der Waals surface area (Å²) in [5, 5.41) is 15.9. The van der Waals surface area contributed by atoms with E-state index in [2.05, 4.69) is 10.6 Å². The maximum Gasteiger partial charge on any atom is 0.257 e. The molecule has 0 atom stereocenters. The molecule has 14 heteroatoms. The van der Waals surface area contributed by atoms with Gasteiger partial charge in [-0.1, -0.05) is 45.9 Å². The molecule has 4 aromatic rings. The van der Waals surface area contributed by atoms with Gasteiger partial charge in [0.25, 0.3) is 11.8 Å². The summed E-state index contributed by atoms with van der Waals surface area (Å²) in [4.78, 5) is 27.7. The number of hydrogen-bond acceptors (Lipinski definition) is 8. The zero-order valence-electron chi connectivity index (χ0n) is 22.3. The van der Waals surface area contributed by atoms with Gasteiger partial charge in [0.05, 0.1) is 20.9 Å². The first-order valence-electron chi connectivity index (χ1n) is 12.2. The summed E-state index contributed by atoms with van der Waals surface area (Å²) in [5.74, 6) is -0.769. The van der Waals surface area contributed by atoms with Gasteiger partial charge in [-0.25, -0.2) is 27.1 Å². The number of carbonyl (C=O) groups excluding carboxylic acids is 2. The van der Waals surface area contributed by atoms with E-state index in [9.17, 15) is 26.4 Å². The molecule has 10 nitrogen and oxygen atoms in total. The summed E-state index contributed by atoms with van der Waals surface area (Å²) in [6.45, 7) is 3.61. The van der Waals surface area contributed by atoms with E-state index in [0.29, 0.717) is 32.3 Å². The summed E-state index contributed by atoms with van der Waals surface area (Å²) < 4.78 is 46.1. The molecule has 0 aliphatic carbocycles. The Hall–Kier alpha value is -3.66. The van der Waals surface area contributed by atoms with Gasteiger partial charge in [0.15, 0.2) is 0 Å². The molecule has 0 spiro atoms. The standard InChI is InChI=1S/C28H26N4O6S4/c1-17-5-3-7-23(25(17)27(33)31-19-9-13-21(14-10-19)41(29,35)36)39-40-24-8-4-6-18(2)26(24)28(34)32-20-11-15-22(16-12-20)42(30,37)38/h3-16H,1-2H3,(H,31,33)(H,32,34)(H2,29,35,36)(H2,30,37,38). The number of aryl methyl sites for hydroxylation is 2. The van der Waals surface area contributed by atoms with Crippen molar-refractivity contribution in [3.8, 4) is 0 Å². The highest BCUT2D eigenvalue weighted by atomic mass is 33.1. The van der Waals surface area contributed by atoms with Crippen LogP contribution in [0.15, 0.2) is 105 Å². The molecule has 0 bridgehead atoms. The number of primary sulfonamides is 2. The molecule has 0 unspecified atom stereocenters. The van der Waals surface area contributed by atoms with Crippen molar-refractivity contribution in [2.45, 2.75) is 33.4 Å². The molecule has 0 saturated carbocycles. The topological polar surface area (TPSA) is 179 Å². The molecule has 0 aromatic heterocycles. The molecule has 42 heavy (non-hydrogen) atoms. The summed E-state index contributed by atoms with van der Waals surface area (Å²) in [6.07, 6.45) is 0. The van der Waals surface area contributed by atoms with Crippen LogP contribution in [-0.2, 0) is 20.0 Å². The predicted molar refractivity (Wildman–Crippen MR) is 166 cm³/mol. The van der Waals surface area contributed by atoms with Crippen molar-refractivity contribution in [3.63, 3.8) is 0 Å². The fourth-order valence-electron chi connectivity index (χ4n) is 3.94. The molecular formula is C28H26N4O6S4. The number of amides is 2. The van der Waals surface area contributed by atoms with E-state index in [1.807, 2.05) is 12.1 Å². The first-order valence-corrected chi connectivity index (χ1v) is 17.4. The first kappa shape index (κ1) is 31.3. The molecule has 0 aliphatic rings. The number of nitrogens with one attached hydrogen (secondary N) is 2. The van der Waals surface area contributed by atoms with E-state index in [0.717, 1.165) is 11.1 Å². The van der Waals surface area contributed by atoms with Crippen LogP contribution in [0.1, 0.15) is 31.8 Å². The zero-order chi connectivity index (χ0) is 30.7. The number of carbonyl (C=O) groups is 2. The van der Waals surface area contributed by atoms with Gasteiger partial charge < -0.3 is 10.6 Å². The fraction of sp³-hybridized carbons (Fsp3) is 0.0714. The van der Waals surface area contributed by atoms with Gasteiger partial charge in [-0.3, -0.25) is 9.59 Å². The van der Waals surface area contributed by atoms with E-state index < -0.39 is 20.0 Å². The van der Waals surface area contributed by atoms with Crippen molar-refractivity contribution in [1.29, 1.82) is 0 Å². The largest absolute Gasteiger partial charge is 0.322 e. The molecule has 218 valence electrons. The molecular weight excluding hydrogens is 617 g/mol. The maximum atomic E-state index is 13.3. The normalized spacial score (nSPS) is 11.6. The van der Waals surface area contributed by atoms with E-state index in [1.165, 1.54) is 70.1 Å². The second kappa shape index (κ2) is 12.7. The third-order valence-corrected chi connectivity index (χ3v) is 10.3. The van der Waals surface area contributed by atoms with Crippen LogP contribution in [0.5, 0.6) is 0 Å². The minimum atomic E-state index is -3.86. The number of benzene rings is 4. The predicted octanol–water partition coefficient (Wildman–Crippen LogP) is 4.90. The van der Waals surface area contributed by atoms with Crippen LogP contribution >= 0.6 is 21.6 Å². The van der Waals surface area contributed by atoms with Crippen LogP contribution in [0.2, 0.25) is 0 Å². The highest BCUT2D eigenvalue weighted by Gasteiger charge is 2.20. The molecule has 4 rings (SSSR count). The summed E-state index contributed by atoms with van der Waals surface area (Å²) in [5.41, 5.74) is 3.11. The number of nitrogens with two attached hydrogens (primary N) is 2. The Morgan fingerprint density at radius 2 is 0.905 bits per heavy atom. The average molecular weight is 643 g/mol. The monoisotopic (exact) mass is 642 g/mol. The Labute approximate surface area is 251 Å². The zero-order valence-corrected chi connectivity index (χ0v) is 25.6. The summed E-state index contributed by atoms with van der Waals surface area (Å²) >= 11 is 0. The van der Waals surface area contributed by atoms with Crippen LogP contribution < -0.4 is 20.9 Å². The van der Waals surface area contributed by atoms with Crippen molar-refractivity contribution in [1.82, 2.24) is 0 Å². The Balaban J connectivity index is 1.54. The van der Waals surface area contributed by atoms with Gasteiger partial charge in [0, 0.05) is 21.2 Å². The SMILES string of the molecule is Cc1cccc(SSc2cccc(C)c2C(=O)Nc2ccc(S(N)(=O)=O)cc2)c1C(=O)Nc1ccc(S(N)(=O)=O)cc1. The highest BCUT2D eigenvalue weighted by molar-refractivity contribution is 8.76. The van der Waals surface area contributed by atoms with Gasteiger partial charge in [-0.15, -0.1) is 0 Å². The number of anilines is 2. The Morgan fingerprint density at radius 3 is 1.21 bits per heavy atom. The third kappa shape index (κ3) is 7.59. The lowest BCUT2D eigenvalue weighted by Crippen LogP contribution is -2.16. The summed E-state index contributed by atoms with van der Waals surface area (Å²) in [7, 11) is -5.10. The highest BCUT2D eigenvalue weighted by Crippen LogP contribution is 2.42. The molecule has 0 heterocycles. The molecule has 0 radical (unpaired) electrons. The minimum Gasteiger partial charge on any atom is -0.322 e. The van der Waals surface area contributed by atoms with Gasteiger partial charge in [-0.05, 0) is 85.6 Å². The average Bonchev–Trinajstić information content (AvgIpc) is 2.91. The molecule has 0 aliphatic heterocycles. The van der Waals surface area contributed by atoms with Crippen molar-refractivity contribution in [2.24, 2.45) is 10.3 Å². The first-order chi connectivity index (χ1) is 19.7. The quantitative estimate of drug-likeness (QED) is 0.186. The van der Waals surface area contributed by atoms with Gasteiger partial charge in [0.1, 0.15) is 0 Å². The second-order valence-corrected chi connectivity index (χ2v) is 14.4. The van der Waals surface area contributed by atoms with Gasteiger partial charge in [-0.2, -0.15) is 0 Å². The van der Waals surface area contributed by atoms with E-state index in [1.54, 1.807) is 38.1 Å². The maximum absolute atomic E-state index is 13.3. The Morgan fingerprint density at radius 1 is 0.571 bits per heavy atom. The van der Waals surface area contributed by atoms with E-state index in [-0.39, 0.29) is 21.6 Å². The molecule has 0 fully saturated rings. The van der Waals surface area contributed by atoms with Crippen molar-refractivity contribution < 1.29 is 26.4 Å². The molecule has 4 aromatic carbocycles. The fourth-order valence-corrected chi connectivity index (χ4v) is 7.46. The van der Waals surface area contributed by atoms with Crippen molar-refractivity contribution >= 4 is 64.8 Å². The molecule has 0 saturated heterocycles. The van der Waals surface area contributed by atoms with Crippen LogP contribution in [0, 0.1) is 13.8 Å². The van der Waals surface area contributed by atoms with Gasteiger partial charge in [0.2, 0.25) is 20.0 Å². The number of sulfonamides is 2. The van der Waals surface area contributed by atoms with E-state index >= 15 is 0 Å². The summed E-state index contributed by atoms with van der Waals surface area (Å²) in [6, 6.07) is 21.9. The number of hydrogen-bond donors (Lipinski definition) is 4. The van der Waals surface area contributed by atoms with Crippen LogP contribution in [0.3, 0.4) is 0 Å². The molecule has 2 amide bonds. The lowest BCUT2D eigenvalue weighted by atomic mass is 10.1. The lowest BCUT2D eigenvalue weighted by molar-refractivity contribution is 0.101. The lowest BCUT2D eigenvalue weighted by Gasteiger charge is -2.15. The van der Waals surface area contributed by atoms with Crippen molar-refractivity contribution in [2.75, 3.05) is 10.6 Å². The smallest absolute Gasteiger partial charge is 0.257 e. The Bertz CT molecular complexity index is 1740. The minimum absolute atomic E-state index is 0.0671. The van der Waals surface area contributed by atoms with E-state index in [4.69, 9.17) is 10.3 Å². The van der Waals surface area contributed by atoms with Gasteiger partial charge >= 0.3 is 0 Å². The molecule has 6 N–H and O–H groups in total. The van der Waals surface area contributed by atoms with Crippen LogP contribution in [0.25, 0.3) is 0 Å². The van der Waals surface area contributed by atoms with Crippen LogP contribution in [0.4, 0.5) is 11.4 Å². The second-order valence-electron chi connectivity index (χ2n) is 9.11.